The highest BCUT2D eigenvalue weighted by atomic mass is 35.5. The molecular weight excluding hydrogens is 462 g/mol. The van der Waals surface area contributed by atoms with Gasteiger partial charge in [0.1, 0.15) is 4.21 Å². The average molecular weight is 476 g/mol. The summed E-state index contributed by atoms with van der Waals surface area (Å²) in [6.07, 6.45) is 0. The van der Waals surface area contributed by atoms with Gasteiger partial charge < -0.3 is 9.26 Å². The Morgan fingerprint density at radius 3 is 2.61 bits per heavy atom. The van der Waals surface area contributed by atoms with E-state index in [-0.39, 0.29) is 28.0 Å². The van der Waals surface area contributed by atoms with E-state index in [1.165, 1.54) is 18.2 Å². The Morgan fingerprint density at radius 1 is 1.10 bits per heavy atom. The predicted molar refractivity (Wildman–Crippen MR) is 115 cm³/mol. The van der Waals surface area contributed by atoms with Gasteiger partial charge >= 0.3 is 5.97 Å². The van der Waals surface area contributed by atoms with Crippen molar-refractivity contribution < 1.29 is 22.5 Å². The molecule has 0 aliphatic carbocycles. The van der Waals surface area contributed by atoms with Crippen molar-refractivity contribution in [3.8, 4) is 11.4 Å². The quantitative estimate of drug-likeness (QED) is 0.388. The molecule has 2 aromatic heterocycles. The number of carbonyl (C=O) groups is 1. The molecule has 0 saturated heterocycles. The third kappa shape index (κ3) is 4.93. The minimum atomic E-state index is -3.81. The fourth-order valence-electron chi connectivity index (χ4n) is 2.60. The third-order valence-electron chi connectivity index (χ3n) is 4.05. The fraction of sp³-hybridized carbons (Fsp3) is 0.0500. The molecule has 2 aromatic carbocycles. The Labute approximate surface area is 186 Å². The number of sulfonamides is 1. The topological polar surface area (TPSA) is 111 Å². The first-order chi connectivity index (χ1) is 14.9. The van der Waals surface area contributed by atoms with Crippen molar-refractivity contribution in [3.05, 3.63) is 82.5 Å². The number of hydrogen-bond acceptors (Lipinski definition) is 8. The van der Waals surface area contributed by atoms with Crippen molar-refractivity contribution >= 4 is 44.6 Å². The van der Waals surface area contributed by atoms with E-state index in [4.69, 9.17) is 20.9 Å². The number of thiophene rings is 1. The van der Waals surface area contributed by atoms with Gasteiger partial charge in [0, 0.05) is 10.6 Å². The molecule has 0 radical (unpaired) electrons. The second-order valence-electron chi connectivity index (χ2n) is 6.18. The fourth-order valence-corrected chi connectivity index (χ4v) is 4.79. The molecule has 0 bridgehead atoms. The lowest BCUT2D eigenvalue weighted by Crippen LogP contribution is -2.15. The number of benzene rings is 2. The zero-order valence-corrected chi connectivity index (χ0v) is 18.1. The monoisotopic (exact) mass is 475 g/mol. The summed E-state index contributed by atoms with van der Waals surface area (Å²) in [5, 5.41) is 6.08. The summed E-state index contributed by atoms with van der Waals surface area (Å²) in [7, 11) is -3.81. The molecule has 11 heteroatoms. The Kier molecular flexibility index (Phi) is 6.03. The minimum absolute atomic E-state index is 0.0556. The standard InChI is InChI=1S/C20H14ClN3O5S2/c21-14-9-7-13(8-10-14)19-22-17(29-23-19)12-28-20(25)15-4-1-2-5-16(15)24-31(26,27)18-6-3-11-30-18/h1-11,24H,12H2. The highest BCUT2D eigenvalue weighted by Gasteiger charge is 2.20. The normalized spacial score (nSPS) is 11.3. The molecule has 0 aliphatic rings. The molecule has 0 atom stereocenters. The number of nitrogens with zero attached hydrogens (tertiary/aromatic N) is 2. The van der Waals surface area contributed by atoms with Crippen LogP contribution in [0.15, 0.2) is 74.8 Å². The lowest BCUT2D eigenvalue weighted by molar-refractivity contribution is 0.0431. The second-order valence-corrected chi connectivity index (χ2v) is 9.47. The smallest absolute Gasteiger partial charge is 0.340 e. The van der Waals surface area contributed by atoms with Crippen LogP contribution < -0.4 is 4.72 Å². The minimum Gasteiger partial charge on any atom is -0.452 e. The summed E-state index contributed by atoms with van der Waals surface area (Å²) >= 11 is 6.94. The number of rotatable bonds is 7. The second kappa shape index (κ2) is 8.88. The summed E-state index contributed by atoms with van der Waals surface area (Å²) in [6.45, 7) is -0.272. The highest BCUT2D eigenvalue weighted by molar-refractivity contribution is 7.94. The van der Waals surface area contributed by atoms with Crippen molar-refractivity contribution in [3.63, 3.8) is 0 Å². The van der Waals surface area contributed by atoms with Crippen LogP contribution in [0.1, 0.15) is 16.2 Å². The van der Waals surface area contributed by atoms with Gasteiger partial charge in [-0.3, -0.25) is 4.72 Å². The van der Waals surface area contributed by atoms with Gasteiger partial charge in [0.15, 0.2) is 6.61 Å². The predicted octanol–water partition coefficient (Wildman–Crippen LogP) is 4.61. The van der Waals surface area contributed by atoms with Crippen LogP contribution >= 0.6 is 22.9 Å². The number of carbonyl (C=O) groups excluding carboxylic acids is 1. The molecule has 0 saturated carbocycles. The van der Waals surface area contributed by atoms with Crippen molar-refractivity contribution in [1.82, 2.24) is 10.1 Å². The van der Waals surface area contributed by atoms with Gasteiger partial charge in [0.05, 0.1) is 11.3 Å². The number of anilines is 1. The van der Waals surface area contributed by atoms with Gasteiger partial charge in [-0.2, -0.15) is 4.98 Å². The van der Waals surface area contributed by atoms with Gasteiger partial charge in [-0.25, -0.2) is 13.2 Å². The van der Waals surface area contributed by atoms with Crippen LogP contribution in [0.5, 0.6) is 0 Å². The van der Waals surface area contributed by atoms with E-state index in [1.54, 1.807) is 47.8 Å². The first kappa shape index (κ1) is 21.0. The molecule has 0 unspecified atom stereocenters. The SMILES string of the molecule is O=C(OCc1nc(-c2ccc(Cl)cc2)no1)c1ccccc1NS(=O)(=O)c1cccs1. The number of para-hydroxylation sites is 1. The maximum atomic E-state index is 12.6. The van der Waals surface area contributed by atoms with Crippen molar-refractivity contribution in [2.75, 3.05) is 4.72 Å². The number of halogens is 1. The molecule has 0 fully saturated rings. The Balaban J connectivity index is 1.46. The molecule has 0 amide bonds. The van der Waals surface area contributed by atoms with Crippen LogP contribution in [-0.4, -0.2) is 24.5 Å². The molecule has 8 nitrogen and oxygen atoms in total. The molecule has 31 heavy (non-hydrogen) atoms. The van der Waals surface area contributed by atoms with E-state index in [0.717, 1.165) is 11.3 Å². The number of nitrogens with one attached hydrogen (secondary N) is 1. The molecule has 4 aromatic rings. The summed E-state index contributed by atoms with van der Waals surface area (Å²) in [5.41, 5.74) is 0.854. The first-order valence-electron chi connectivity index (χ1n) is 8.83. The van der Waals surface area contributed by atoms with Crippen LogP contribution in [0.4, 0.5) is 5.69 Å². The first-order valence-corrected chi connectivity index (χ1v) is 11.6. The van der Waals surface area contributed by atoms with Crippen LogP contribution in [0.25, 0.3) is 11.4 Å². The van der Waals surface area contributed by atoms with Gasteiger partial charge in [-0.05, 0) is 47.8 Å². The Morgan fingerprint density at radius 2 is 1.87 bits per heavy atom. The third-order valence-corrected chi connectivity index (χ3v) is 7.06. The maximum Gasteiger partial charge on any atom is 0.340 e. The molecule has 4 rings (SSSR count). The van der Waals surface area contributed by atoms with E-state index in [1.807, 2.05) is 0 Å². The van der Waals surface area contributed by atoms with Gasteiger partial charge in [-0.15, -0.1) is 11.3 Å². The summed E-state index contributed by atoms with van der Waals surface area (Å²) in [6, 6.07) is 16.1. The van der Waals surface area contributed by atoms with Gasteiger partial charge in [0.25, 0.3) is 15.9 Å². The number of ether oxygens (including phenoxy) is 1. The number of aromatic nitrogens is 2. The van der Waals surface area contributed by atoms with Crippen molar-refractivity contribution in [1.29, 1.82) is 0 Å². The molecule has 0 spiro atoms. The molecule has 1 N–H and O–H groups in total. The van der Waals surface area contributed by atoms with E-state index < -0.39 is 16.0 Å². The van der Waals surface area contributed by atoms with Crippen LogP contribution in [-0.2, 0) is 21.4 Å². The van der Waals surface area contributed by atoms with E-state index in [0.29, 0.717) is 16.4 Å². The zero-order valence-electron chi connectivity index (χ0n) is 15.7. The largest absolute Gasteiger partial charge is 0.452 e. The lowest BCUT2D eigenvalue weighted by atomic mass is 10.2. The van der Waals surface area contributed by atoms with E-state index in [2.05, 4.69) is 14.9 Å². The maximum absolute atomic E-state index is 12.6. The van der Waals surface area contributed by atoms with Crippen molar-refractivity contribution in [2.45, 2.75) is 10.8 Å². The highest BCUT2D eigenvalue weighted by Crippen LogP contribution is 2.24. The summed E-state index contributed by atoms with van der Waals surface area (Å²) in [4.78, 5) is 16.7. The Hall–Kier alpha value is -3.21. The zero-order chi connectivity index (χ0) is 21.8. The van der Waals surface area contributed by atoms with E-state index >= 15 is 0 Å². The number of hydrogen-bond donors (Lipinski definition) is 1. The molecule has 0 aliphatic heterocycles. The number of esters is 1. The summed E-state index contributed by atoms with van der Waals surface area (Å²) in [5.74, 6) is -0.322. The Bertz CT molecular complexity index is 1300. The van der Waals surface area contributed by atoms with Crippen LogP contribution in [0.2, 0.25) is 5.02 Å². The molecular formula is C20H14ClN3O5S2. The van der Waals surface area contributed by atoms with Crippen LogP contribution in [0, 0.1) is 0 Å². The average Bonchev–Trinajstić information content (AvgIpc) is 3.45. The lowest BCUT2D eigenvalue weighted by Gasteiger charge is -2.10. The van der Waals surface area contributed by atoms with Gasteiger partial charge in [0.2, 0.25) is 5.82 Å². The summed E-state index contributed by atoms with van der Waals surface area (Å²) < 4.78 is 37.9. The van der Waals surface area contributed by atoms with Crippen molar-refractivity contribution in [2.24, 2.45) is 0 Å². The molecule has 158 valence electrons. The van der Waals surface area contributed by atoms with E-state index in [9.17, 15) is 13.2 Å². The van der Waals surface area contributed by atoms with Crippen LogP contribution in [0.3, 0.4) is 0 Å². The molecule has 2 heterocycles. The van der Waals surface area contributed by atoms with Gasteiger partial charge in [-0.1, -0.05) is 35.0 Å².